The molecule has 0 heterocycles. The summed E-state index contributed by atoms with van der Waals surface area (Å²) in [7, 11) is 0. The van der Waals surface area contributed by atoms with Gasteiger partial charge in [0.1, 0.15) is 5.82 Å². The van der Waals surface area contributed by atoms with Crippen molar-refractivity contribution in [3.8, 4) is 0 Å². The van der Waals surface area contributed by atoms with Crippen LogP contribution in [-0.4, -0.2) is 11.9 Å². The zero-order valence-corrected chi connectivity index (χ0v) is 12.9. The second-order valence-corrected chi connectivity index (χ2v) is 5.60. The second-order valence-electron chi connectivity index (χ2n) is 4.75. The van der Waals surface area contributed by atoms with E-state index < -0.39 is 6.04 Å². The highest BCUT2D eigenvalue weighted by molar-refractivity contribution is 9.10. The van der Waals surface area contributed by atoms with Crippen molar-refractivity contribution >= 4 is 21.8 Å². The van der Waals surface area contributed by atoms with Crippen molar-refractivity contribution in [2.45, 2.75) is 19.0 Å². The molecule has 21 heavy (non-hydrogen) atoms. The number of nitrogens with one attached hydrogen (secondary N) is 1. The van der Waals surface area contributed by atoms with Gasteiger partial charge in [-0.15, -0.1) is 0 Å². The topological polar surface area (TPSA) is 55.1 Å². The highest BCUT2D eigenvalue weighted by atomic mass is 79.9. The van der Waals surface area contributed by atoms with Crippen LogP contribution in [0.3, 0.4) is 0 Å². The molecule has 0 aliphatic heterocycles. The lowest BCUT2D eigenvalue weighted by atomic mass is 10.1. The number of carbonyl (C=O) groups excluding carboxylic acids is 1. The maximum Gasteiger partial charge on any atom is 0.237 e. The maximum atomic E-state index is 13.2. The highest BCUT2D eigenvalue weighted by Crippen LogP contribution is 2.17. The number of benzene rings is 2. The summed E-state index contributed by atoms with van der Waals surface area (Å²) in [5.41, 5.74) is 7.57. The van der Waals surface area contributed by atoms with Crippen LogP contribution in [0.1, 0.15) is 11.1 Å². The molecule has 0 saturated carbocycles. The number of hydrogen-bond acceptors (Lipinski definition) is 2. The lowest BCUT2D eigenvalue weighted by Crippen LogP contribution is -2.41. The van der Waals surface area contributed by atoms with Gasteiger partial charge in [0.25, 0.3) is 0 Å². The minimum Gasteiger partial charge on any atom is -0.351 e. The Balaban J connectivity index is 1.91. The molecule has 0 saturated heterocycles. The van der Waals surface area contributed by atoms with Crippen molar-refractivity contribution in [2.75, 3.05) is 0 Å². The molecule has 0 radical (unpaired) electrons. The largest absolute Gasteiger partial charge is 0.351 e. The van der Waals surface area contributed by atoms with Crippen molar-refractivity contribution < 1.29 is 9.18 Å². The molecular formula is C16H16BrFN2O. The number of amides is 1. The van der Waals surface area contributed by atoms with Crippen molar-refractivity contribution in [1.29, 1.82) is 0 Å². The maximum absolute atomic E-state index is 13.2. The van der Waals surface area contributed by atoms with Crippen LogP contribution in [0.15, 0.2) is 53.0 Å². The lowest BCUT2D eigenvalue weighted by molar-refractivity contribution is -0.122. The Morgan fingerprint density at radius 3 is 2.67 bits per heavy atom. The van der Waals surface area contributed by atoms with Gasteiger partial charge < -0.3 is 11.1 Å². The molecule has 2 aromatic carbocycles. The Morgan fingerprint density at radius 1 is 1.24 bits per heavy atom. The van der Waals surface area contributed by atoms with Gasteiger partial charge in [-0.05, 0) is 35.7 Å². The molecule has 3 N–H and O–H groups in total. The molecular weight excluding hydrogens is 335 g/mol. The zero-order valence-electron chi connectivity index (χ0n) is 11.4. The Bertz CT molecular complexity index is 619. The monoisotopic (exact) mass is 350 g/mol. The summed E-state index contributed by atoms with van der Waals surface area (Å²) >= 11 is 3.32. The van der Waals surface area contributed by atoms with Gasteiger partial charge in [0.15, 0.2) is 0 Å². The third-order valence-corrected chi connectivity index (χ3v) is 3.87. The van der Waals surface area contributed by atoms with E-state index in [0.29, 0.717) is 12.0 Å². The van der Waals surface area contributed by atoms with Crippen molar-refractivity contribution in [1.82, 2.24) is 5.32 Å². The molecule has 110 valence electrons. The first-order valence-corrected chi connectivity index (χ1v) is 7.36. The van der Waals surface area contributed by atoms with Crippen LogP contribution in [0.2, 0.25) is 0 Å². The molecule has 0 fully saturated rings. The van der Waals surface area contributed by atoms with Crippen LogP contribution >= 0.6 is 15.9 Å². The first-order valence-electron chi connectivity index (χ1n) is 6.57. The van der Waals surface area contributed by atoms with Crippen molar-refractivity contribution in [2.24, 2.45) is 5.73 Å². The first-order chi connectivity index (χ1) is 10.1. The van der Waals surface area contributed by atoms with E-state index in [2.05, 4.69) is 21.2 Å². The summed E-state index contributed by atoms with van der Waals surface area (Å²) in [5.74, 6) is -0.592. The molecule has 0 unspecified atom stereocenters. The number of hydrogen-bond donors (Lipinski definition) is 2. The SMILES string of the molecule is N[C@@H](Cc1ccccc1)C(=O)NCc1cc(F)ccc1Br. The van der Waals surface area contributed by atoms with E-state index in [1.54, 1.807) is 6.07 Å². The van der Waals surface area contributed by atoms with Crippen LogP contribution in [0.4, 0.5) is 4.39 Å². The van der Waals surface area contributed by atoms with E-state index in [0.717, 1.165) is 10.0 Å². The molecule has 0 aliphatic carbocycles. The molecule has 3 nitrogen and oxygen atoms in total. The third-order valence-electron chi connectivity index (χ3n) is 3.10. The van der Waals surface area contributed by atoms with Gasteiger partial charge in [-0.2, -0.15) is 0 Å². The third kappa shape index (κ3) is 4.65. The fraction of sp³-hybridized carbons (Fsp3) is 0.188. The molecule has 5 heteroatoms. The first kappa shape index (κ1) is 15.7. The molecule has 1 amide bonds. The fourth-order valence-electron chi connectivity index (χ4n) is 1.95. The van der Waals surface area contributed by atoms with Gasteiger partial charge in [0.05, 0.1) is 6.04 Å². The normalized spacial score (nSPS) is 12.0. The summed E-state index contributed by atoms with van der Waals surface area (Å²) < 4.78 is 13.9. The number of halogens is 2. The summed E-state index contributed by atoms with van der Waals surface area (Å²) in [4.78, 5) is 12.0. The number of nitrogens with two attached hydrogens (primary N) is 1. The smallest absolute Gasteiger partial charge is 0.237 e. The summed E-state index contributed by atoms with van der Waals surface area (Å²) in [6.07, 6.45) is 0.469. The average molecular weight is 351 g/mol. The molecule has 2 aromatic rings. The van der Waals surface area contributed by atoms with E-state index in [9.17, 15) is 9.18 Å². The van der Waals surface area contributed by atoms with Crippen molar-refractivity contribution in [3.63, 3.8) is 0 Å². The van der Waals surface area contributed by atoms with Crippen LogP contribution in [0.25, 0.3) is 0 Å². The standard InChI is InChI=1S/C16H16BrFN2O/c17-14-7-6-13(18)9-12(14)10-20-16(21)15(19)8-11-4-2-1-3-5-11/h1-7,9,15H,8,10,19H2,(H,20,21)/t15-/m0/s1. The average Bonchev–Trinajstić information content (AvgIpc) is 2.49. The Hall–Kier alpha value is -1.72. The lowest BCUT2D eigenvalue weighted by Gasteiger charge is -2.13. The summed E-state index contributed by atoms with van der Waals surface area (Å²) in [6.45, 7) is 0.236. The molecule has 0 spiro atoms. The van der Waals surface area contributed by atoms with E-state index in [-0.39, 0.29) is 18.3 Å². The summed E-state index contributed by atoms with van der Waals surface area (Å²) in [5, 5.41) is 2.73. The molecule has 0 aliphatic rings. The Morgan fingerprint density at radius 2 is 1.95 bits per heavy atom. The number of rotatable bonds is 5. The Labute approximate surface area is 131 Å². The highest BCUT2D eigenvalue weighted by Gasteiger charge is 2.14. The second kappa shape index (κ2) is 7.33. The van der Waals surface area contributed by atoms with Crippen LogP contribution < -0.4 is 11.1 Å². The zero-order chi connectivity index (χ0) is 15.2. The molecule has 0 aromatic heterocycles. The van der Waals surface area contributed by atoms with Gasteiger partial charge in [-0.1, -0.05) is 46.3 Å². The number of carbonyl (C=O) groups is 1. The predicted molar refractivity (Wildman–Crippen MR) is 84.1 cm³/mol. The van der Waals surface area contributed by atoms with Crippen molar-refractivity contribution in [3.05, 3.63) is 69.9 Å². The predicted octanol–water partition coefficient (Wildman–Crippen LogP) is 2.77. The molecule has 0 bridgehead atoms. The minimum atomic E-state index is -0.625. The van der Waals surface area contributed by atoms with Crippen LogP contribution in [-0.2, 0) is 17.8 Å². The van der Waals surface area contributed by atoms with E-state index in [4.69, 9.17) is 5.73 Å². The van der Waals surface area contributed by atoms with Gasteiger partial charge in [0, 0.05) is 11.0 Å². The quantitative estimate of drug-likeness (QED) is 0.870. The van der Waals surface area contributed by atoms with E-state index in [1.807, 2.05) is 30.3 Å². The molecule has 2 rings (SSSR count). The van der Waals surface area contributed by atoms with Gasteiger partial charge in [-0.25, -0.2) is 4.39 Å². The molecule has 1 atom stereocenters. The van der Waals surface area contributed by atoms with Gasteiger partial charge in [-0.3, -0.25) is 4.79 Å². The van der Waals surface area contributed by atoms with E-state index >= 15 is 0 Å². The van der Waals surface area contributed by atoms with Gasteiger partial charge >= 0.3 is 0 Å². The minimum absolute atomic E-state index is 0.236. The van der Waals surface area contributed by atoms with Crippen LogP contribution in [0.5, 0.6) is 0 Å². The fourth-order valence-corrected chi connectivity index (χ4v) is 2.34. The summed E-state index contributed by atoms with van der Waals surface area (Å²) in [6, 6.07) is 13.3. The van der Waals surface area contributed by atoms with Gasteiger partial charge in [0.2, 0.25) is 5.91 Å². The van der Waals surface area contributed by atoms with E-state index in [1.165, 1.54) is 12.1 Å². The Kier molecular flexibility index (Phi) is 5.47. The van der Waals surface area contributed by atoms with Crippen LogP contribution in [0, 0.1) is 5.82 Å².